The molecule has 1 amide bonds. The molecule has 0 aromatic carbocycles. The van der Waals surface area contributed by atoms with Gasteiger partial charge in [-0.25, -0.2) is 4.57 Å². The molecule has 8 nitrogen and oxygen atoms in total. The molecule has 0 aliphatic rings. The first kappa shape index (κ1) is 33.5. The third kappa shape index (κ3) is 23.3. The number of carbonyl (C=O) groups excluding carboxylic acids is 1. The van der Waals surface area contributed by atoms with E-state index in [1.165, 1.54) is 70.6 Å². The summed E-state index contributed by atoms with van der Waals surface area (Å²) in [5.74, 6) is -0.0317. The zero-order valence-electron chi connectivity index (χ0n) is 22.8. The summed E-state index contributed by atoms with van der Waals surface area (Å²) in [7, 11) is 0.953. The molecule has 204 valence electrons. The van der Waals surface area contributed by atoms with E-state index in [0.717, 1.165) is 12.8 Å². The molecule has 0 saturated carbocycles. The highest BCUT2D eigenvalue weighted by Gasteiger charge is 2.30. The molecule has 0 aliphatic heterocycles. The van der Waals surface area contributed by atoms with Crippen LogP contribution in [-0.4, -0.2) is 66.3 Å². The fourth-order valence-electron chi connectivity index (χ4n) is 3.80. The molecule has 1 unspecified atom stereocenters. The molecular weight excluding hydrogens is 455 g/mol. The van der Waals surface area contributed by atoms with Crippen molar-refractivity contribution in [1.29, 1.82) is 0 Å². The van der Waals surface area contributed by atoms with Gasteiger partial charge in [0.2, 0.25) is 12.2 Å². The summed E-state index contributed by atoms with van der Waals surface area (Å²) in [6, 6.07) is 0. The minimum Gasteiger partial charge on any atom is -0.349 e. The van der Waals surface area contributed by atoms with Gasteiger partial charge < -0.3 is 24.3 Å². The third-order valence-electron chi connectivity index (χ3n) is 5.57. The third-order valence-corrected chi connectivity index (χ3v) is 6.08. The first-order chi connectivity index (χ1) is 15.7. The summed E-state index contributed by atoms with van der Waals surface area (Å²) in [6.45, 7) is 6.25. The van der Waals surface area contributed by atoms with E-state index >= 15 is 0 Å². The highest BCUT2D eigenvalue weighted by molar-refractivity contribution is 7.46. The van der Waals surface area contributed by atoms with E-state index in [1.54, 1.807) is 0 Å². The number of likely N-dealkylation sites (N-methyl/N-ethyl adjacent to an activating group) is 1. The van der Waals surface area contributed by atoms with Gasteiger partial charge >= 0.3 is 7.82 Å². The molecule has 0 aromatic rings. The molecule has 0 fully saturated rings. The Morgan fingerprint density at radius 2 is 1.32 bits per heavy atom. The van der Waals surface area contributed by atoms with E-state index < -0.39 is 19.7 Å². The van der Waals surface area contributed by atoms with Gasteiger partial charge in [-0.2, -0.15) is 0 Å². The second-order valence-corrected chi connectivity index (χ2v) is 12.4. The topological polar surface area (TPSA) is 105 Å². The average Bonchev–Trinajstić information content (AvgIpc) is 2.67. The Bertz CT molecular complexity index is 574. The van der Waals surface area contributed by atoms with Crippen LogP contribution >= 0.6 is 7.82 Å². The molecule has 0 radical (unpaired) electrons. The number of nitrogens with zero attached hydrogens (tertiary/aromatic N) is 1. The minimum atomic E-state index is -4.68. The van der Waals surface area contributed by atoms with Gasteiger partial charge in [0.15, 0.2) is 0 Å². The number of unbranched alkanes of at least 4 members (excludes halogenated alkanes) is 12. The zero-order valence-corrected chi connectivity index (χ0v) is 23.7. The lowest BCUT2D eigenvalue weighted by molar-refractivity contribution is -0.876. The van der Waals surface area contributed by atoms with Crippen molar-refractivity contribution in [1.82, 2.24) is 5.32 Å². The van der Waals surface area contributed by atoms with E-state index in [-0.39, 0.29) is 19.1 Å². The van der Waals surface area contributed by atoms with Gasteiger partial charge in [0.1, 0.15) is 6.54 Å². The van der Waals surface area contributed by atoms with Gasteiger partial charge in [-0.3, -0.25) is 9.32 Å². The van der Waals surface area contributed by atoms with E-state index in [1.807, 2.05) is 35.0 Å². The van der Waals surface area contributed by atoms with E-state index in [4.69, 9.17) is 19.0 Å². The summed E-state index contributed by atoms with van der Waals surface area (Å²) >= 11 is 0. The second kappa shape index (κ2) is 17.9. The van der Waals surface area contributed by atoms with Crippen molar-refractivity contribution in [2.45, 2.75) is 122 Å². The maximum Gasteiger partial charge on any atom is 0.472 e. The molecule has 0 rings (SSSR count). The van der Waals surface area contributed by atoms with Crippen molar-refractivity contribution in [2.24, 2.45) is 0 Å². The fraction of sp³-hybridized carbons (Fsp3) is 0.960. The normalized spacial score (nSPS) is 13.8. The van der Waals surface area contributed by atoms with Crippen LogP contribution in [0.4, 0.5) is 0 Å². The molecule has 34 heavy (non-hydrogen) atoms. The van der Waals surface area contributed by atoms with Crippen LogP contribution in [-0.2, 0) is 18.6 Å². The predicted octanol–water partition coefficient (Wildman–Crippen LogP) is 5.52. The number of phosphoric ester groups is 1. The van der Waals surface area contributed by atoms with Crippen LogP contribution < -0.4 is 5.32 Å². The Balaban J connectivity index is 3.98. The number of ether oxygens (including phenoxy) is 1. The van der Waals surface area contributed by atoms with Gasteiger partial charge in [-0.1, -0.05) is 84.0 Å². The van der Waals surface area contributed by atoms with E-state index in [0.29, 0.717) is 10.9 Å². The van der Waals surface area contributed by atoms with E-state index in [2.05, 4.69) is 12.2 Å². The van der Waals surface area contributed by atoms with Crippen LogP contribution in [0.5, 0.6) is 0 Å². The lowest BCUT2D eigenvalue weighted by atomic mass is 10.0. The number of hydrogen-bond donors (Lipinski definition) is 3. The van der Waals surface area contributed by atoms with Crippen LogP contribution in [0, 0.1) is 0 Å². The minimum absolute atomic E-state index is 0.0317. The van der Waals surface area contributed by atoms with Crippen molar-refractivity contribution in [3.8, 4) is 0 Å². The van der Waals surface area contributed by atoms with Crippen molar-refractivity contribution >= 4 is 13.7 Å². The van der Waals surface area contributed by atoms with Gasteiger partial charge in [0.25, 0.3) is 0 Å². The van der Waals surface area contributed by atoms with Crippen LogP contribution in [0.1, 0.15) is 111 Å². The van der Waals surface area contributed by atoms with Crippen LogP contribution in [0.2, 0.25) is 0 Å². The Morgan fingerprint density at radius 3 is 1.74 bits per heavy atom. The Labute approximate surface area is 209 Å². The molecule has 0 aliphatic carbocycles. The molecule has 3 N–H and O–H groups in total. The summed E-state index contributed by atoms with van der Waals surface area (Å²) in [4.78, 5) is 30.6. The number of nitrogens with one attached hydrogen (secondary N) is 1. The molecule has 0 spiro atoms. The number of hydrogen-bond acceptors (Lipinski definition) is 4. The second-order valence-electron chi connectivity index (χ2n) is 11.2. The Morgan fingerprint density at radius 1 is 0.882 bits per heavy atom. The first-order valence-electron chi connectivity index (χ1n) is 13.2. The molecular formula is C25H54N2O6P+. The SMILES string of the molecule is CCCCCCCCCCCCCCCC(=O)NC(C)(C)COC(C[N+](C)(C)C)OP(=O)(O)O. The Hall–Kier alpha value is -0.500. The number of rotatable bonds is 22. The van der Waals surface area contributed by atoms with Crippen molar-refractivity contribution in [2.75, 3.05) is 34.3 Å². The summed E-state index contributed by atoms with van der Waals surface area (Å²) in [5.41, 5.74) is -0.672. The smallest absolute Gasteiger partial charge is 0.349 e. The van der Waals surface area contributed by atoms with Gasteiger partial charge in [0, 0.05) is 6.42 Å². The summed E-state index contributed by atoms with van der Waals surface area (Å²) in [6.07, 6.45) is 15.9. The monoisotopic (exact) mass is 509 g/mol. The molecule has 1 atom stereocenters. The zero-order chi connectivity index (χ0) is 26.1. The lowest BCUT2D eigenvalue weighted by Crippen LogP contribution is -2.49. The predicted molar refractivity (Wildman–Crippen MR) is 138 cm³/mol. The van der Waals surface area contributed by atoms with E-state index in [9.17, 15) is 9.36 Å². The highest BCUT2D eigenvalue weighted by atomic mass is 31.2. The number of amides is 1. The Kier molecular flexibility index (Phi) is 17.6. The molecule has 0 heterocycles. The largest absolute Gasteiger partial charge is 0.472 e. The van der Waals surface area contributed by atoms with Crippen molar-refractivity contribution in [3.63, 3.8) is 0 Å². The standard InChI is InChI=1S/C25H53N2O6P/c1-7-8-9-10-11-12-13-14-15-16-17-18-19-20-23(28)26-25(2,3)22-32-24(21-27(4,5)6)33-34(29,30)31/h24H,7-22H2,1-6H3,(H2-,26,28,29,30,31)/p+1. The van der Waals surface area contributed by atoms with Crippen molar-refractivity contribution < 1.29 is 32.9 Å². The highest BCUT2D eigenvalue weighted by Crippen LogP contribution is 2.38. The van der Waals surface area contributed by atoms with Crippen molar-refractivity contribution in [3.05, 3.63) is 0 Å². The van der Waals surface area contributed by atoms with Crippen LogP contribution in [0.25, 0.3) is 0 Å². The number of carbonyl (C=O) groups is 1. The maximum absolute atomic E-state index is 12.3. The molecule has 0 saturated heterocycles. The summed E-state index contributed by atoms with van der Waals surface area (Å²) in [5, 5.41) is 2.96. The molecule has 9 heteroatoms. The van der Waals surface area contributed by atoms with Gasteiger partial charge in [-0.05, 0) is 20.3 Å². The van der Waals surface area contributed by atoms with Crippen LogP contribution in [0.3, 0.4) is 0 Å². The summed E-state index contributed by atoms with van der Waals surface area (Å²) < 4.78 is 22.1. The average molecular weight is 510 g/mol. The molecule has 0 bridgehead atoms. The van der Waals surface area contributed by atoms with Gasteiger partial charge in [0.05, 0.1) is 33.3 Å². The van der Waals surface area contributed by atoms with Crippen LogP contribution in [0.15, 0.2) is 0 Å². The molecule has 0 aromatic heterocycles. The maximum atomic E-state index is 12.3. The quantitative estimate of drug-likeness (QED) is 0.0768. The number of quaternary nitrogens is 1. The number of phosphoric acid groups is 1. The van der Waals surface area contributed by atoms with Gasteiger partial charge in [-0.15, -0.1) is 0 Å². The lowest BCUT2D eigenvalue weighted by Gasteiger charge is -2.32. The fourth-order valence-corrected chi connectivity index (χ4v) is 4.23. The first-order valence-corrected chi connectivity index (χ1v) is 14.7.